The highest BCUT2D eigenvalue weighted by Crippen LogP contribution is 2.15. The van der Waals surface area contributed by atoms with E-state index in [2.05, 4.69) is 5.32 Å². The Hall–Kier alpha value is -2.04. The molecule has 2 N–H and O–H groups in total. The van der Waals surface area contributed by atoms with Crippen molar-refractivity contribution in [3.8, 4) is 5.75 Å². The molecular weight excluding hydrogens is 246 g/mol. The molecule has 1 aromatic carbocycles. The average Bonchev–Trinajstić information content (AvgIpc) is 2.27. The minimum atomic E-state index is -1.05. The number of rotatable bonds is 6. The van der Waals surface area contributed by atoms with Crippen LogP contribution in [0.5, 0.6) is 5.75 Å². The number of benzene rings is 1. The summed E-state index contributed by atoms with van der Waals surface area (Å²) < 4.78 is 5.53. The van der Waals surface area contributed by atoms with Gasteiger partial charge in [-0.1, -0.05) is 12.1 Å². The first-order valence-corrected chi connectivity index (χ1v) is 6.16. The summed E-state index contributed by atoms with van der Waals surface area (Å²) in [5, 5.41) is 11.1. The lowest BCUT2D eigenvalue weighted by atomic mass is 10.1. The monoisotopic (exact) mass is 265 g/mol. The fourth-order valence-electron chi connectivity index (χ4n) is 1.54. The highest BCUT2D eigenvalue weighted by Gasteiger charge is 2.14. The van der Waals surface area contributed by atoms with Gasteiger partial charge in [-0.3, -0.25) is 9.59 Å². The molecule has 0 saturated heterocycles. The molecule has 0 aliphatic carbocycles. The molecule has 1 aromatic rings. The maximum Gasteiger partial charge on any atom is 0.325 e. The van der Waals surface area contributed by atoms with Gasteiger partial charge in [-0.25, -0.2) is 0 Å². The molecule has 0 aromatic heterocycles. The highest BCUT2D eigenvalue weighted by atomic mass is 16.5. The molecule has 1 amide bonds. The number of carbonyl (C=O) groups is 2. The lowest BCUT2D eigenvalue weighted by Crippen LogP contribution is -2.39. The van der Waals surface area contributed by atoms with Gasteiger partial charge >= 0.3 is 5.97 Å². The summed E-state index contributed by atoms with van der Waals surface area (Å²) in [4.78, 5) is 22.3. The first-order valence-electron chi connectivity index (χ1n) is 6.16. The molecule has 0 bridgehead atoms. The van der Waals surface area contributed by atoms with E-state index in [-0.39, 0.29) is 18.4 Å². The predicted octanol–water partition coefficient (Wildman–Crippen LogP) is 1.61. The van der Waals surface area contributed by atoms with Crippen molar-refractivity contribution in [1.82, 2.24) is 5.32 Å². The molecule has 0 saturated carbocycles. The number of carboxylic acids is 1. The normalized spacial score (nSPS) is 12.0. The number of hydrogen-bond donors (Lipinski definition) is 2. The number of ether oxygens (including phenoxy) is 1. The molecule has 1 rings (SSSR count). The van der Waals surface area contributed by atoms with Crippen LogP contribution >= 0.6 is 0 Å². The third kappa shape index (κ3) is 5.42. The molecule has 19 heavy (non-hydrogen) atoms. The zero-order chi connectivity index (χ0) is 14.4. The zero-order valence-electron chi connectivity index (χ0n) is 11.3. The van der Waals surface area contributed by atoms with Crippen molar-refractivity contribution in [3.63, 3.8) is 0 Å². The van der Waals surface area contributed by atoms with Gasteiger partial charge in [0.25, 0.3) is 0 Å². The van der Waals surface area contributed by atoms with Crippen molar-refractivity contribution in [1.29, 1.82) is 0 Å². The Bertz CT molecular complexity index is 457. The largest absolute Gasteiger partial charge is 0.491 e. The standard InChI is InChI=1S/C14H19NO4/c1-9(2)19-12-6-4-5-11(7-12)8-13(16)15-10(3)14(17)18/h4-7,9-10H,8H2,1-3H3,(H,15,16)(H,17,18)/t10-/m0/s1. The van der Waals surface area contributed by atoms with Crippen molar-refractivity contribution in [3.05, 3.63) is 29.8 Å². The molecule has 0 aliphatic heterocycles. The molecule has 0 heterocycles. The van der Waals surface area contributed by atoms with E-state index < -0.39 is 12.0 Å². The Morgan fingerprint density at radius 2 is 2.00 bits per heavy atom. The molecule has 5 heteroatoms. The molecule has 104 valence electrons. The maximum atomic E-state index is 11.6. The van der Waals surface area contributed by atoms with Crippen LogP contribution in [0.25, 0.3) is 0 Å². The minimum Gasteiger partial charge on any atom is -0.491 e. The first-order chi connectivity index (χ1) is 8.88. The van der Waals surface area contributed by atoms with Crippen molar-refractivity contribution in [2.45, 2.75) is 39.3 Å². The summed E-state index contributed by atoms with van der Waals surface area (Å²) >= 11 is 0. The van der Waals surface area contributed by atoms with Crippen LogP contribution in [0.3, 0.4) is 0 Å². The smallest absolute Gasteiger partial charge is 0.325 e. The SMILES string of the molecule is CC(C)Oc1cccc(CC(=O)N[C@@H](C)C(=O)O)c1. The second-order valence-electron chi connectivity index (χ2n) is 4.62. The number of amides is 1. The van der Waals surface area contributed by atoms with E-state index in [1.165, 1.54) is 6.92 Å². The van der Waals surface area contributed by atoms with Gasteiger partial charge in [0.15, 0.2) is 0 Å². The Morgan fingerprint density at radius 3 is 2.58 bits per heavy atom. The predicted molar refractivity (Wildman–Crippen MR) is 71.2 cm³/mol. The van der Waals surface area contributed by atoms with Crippen molar-refractivity contribution >= 4 is 11.9 Å². The number of nitrogens with one attached hydrogen (secondary N) is 1. The highest BCUT2D eigenvalue weighted by molar-refractivity contribution is 5.84. The maximum absolute atomic E-state index is 11.6. The second-order valence-corrected chi connectivity index (χ2v) is 4.62. The number of aliphatic carboxylic acids is 1. The second kappa shape index (κ2) is 6.78. The van der Waals surface area contributed by atoms with Crippen molar-refractivity contribution in [2.24, 2.45) is 0 Å². The van der Waals surface area contributed by atoms with Gasteiger partial charge in [0.05, 0.1) is 12.5 Å². The van der Waals surface area contributed by atoms with Crippen LogP contribution in [0.15, 0.2) is 24.3 Å². The van der Waals surface area contributed by atoms with E-state index in [1.54, 1.807) is 18.2 Å². The van der Waals surface area contributed by atoms with E-state index in [0.29, 0.717) is 5.75 Å². The molecular formula is C14H19NO4. The van der Waals surface area contributed by atoms with Gasteiger partial charge in [0, 0.05) is 0 Å². The Morgan fingerprint density at radius 1 is 1.32 bits per heavy atom. The summed E-state index contributed by atoms with van der Waals surface area (Å²) in [7, 11) is 0. The Kier molecular flexibility index (Phi) is 5.36. The van der Waals surface area contributed by atoms with Crippen LogP contribution in [0, 0.1) is 0 Å². The molecule has 0 aliphatic rings. The van der Waals surface area contributed by atoms with E-state index in [9.17, 15) is 9.59 Å². The van der Waals surface area contributed by atoms with E-state index >= 15 is 0 Å². The van der Waals surface area contributed by atoms with Gasteiger partial charge in [0.1, 0.15) is 11.8 Å². The quantitative estimate of drug-likeness (QED) is 0.819. The van der Waals surface area contributed by atoms with E-state index in [0.717, 1.165) is 5.56 Å². The van der Waals surface area contributed by atoms with Gasteiger partial charge < -0.3 is 15.2 Å². The summed E-state index contributed by atoms with van der Waals surface area (Å²) in [5.74, 6) is -0.673. The topological polar surface area (TPSA) is 75.6 Å². The van der Waals surface area contributed by atoms with Crippen LogP contribution in [0.4, 0.5) is 0 Å². The van der Waals surface area contributed by atoms with Crippen LogP contribution in [-0.2, 0) is 16.0 Å². The minimum absolute atomic E-state index is 0.0658. The molecule has 5 nitrogen and oxygen atoms in total. The fourth-order valence-corrected chi connectivity index (χ4v) is 1.54. The van der Waals surface area contributed by atoms with Crippen LogP contribution < -0.4 is 10.1 Å². The number of carboxylic acid groups (broad SMARTS) is 1. The van der Waals surface area contributed by atoms with Crippen LogP contribution in [0.2, 0.25) is 0 Å². The van der Waals surface area contributed by atoms with Crippen LogP contribution in [0.1, 0.15) is 26.3 Å². The third-order valence-electron chi connectivity index (χ3n) is 2.38. The lowest BCUT2D eigenvalue weighted by Gasteiger charge is -2.12. The average molecular weight is 265 g/mol. The third-order valence-corrected chi connectivity index (χ3v) is 2.38. The summed E-state index contributed by atoms with van der Waals surface area (Å²) in [6, 6.07) is 6.33. The molecule has 0 radical (unpaired) electrons. The Balaban J connectivity index is 2.61. The summed E-state index contributed by atoms with van der Waals surface area (Å²) in [6.07, 6.45) is 0.198. The van der Waals surface area contributed by atoms with Gasteiger partial charge in [-0.05, 0) is 38.5 Å². The summed E-state index contributed by atoms with van der Waals surface area (Å²) in [5.41, 5.74) is 0.785. The molecule has 0 spiro atoms. The Labute approximate surface area is 112 Å². The van der Waals surface area contributed by atoms with Gasteiger partial charge in [-0.15, -0.1) is 0 Å². The van der Waals surface area contributed by atoms with Crippen LogP contribution in [-0.4, -0.2) is 29.1 Å². The van der Waals surface area contributed by atoms with E-state index in [1.807, 2.05) is 19.9 Å². The first kappa shape index (κ1) is 15.0. The van der Waals surface area contributed by atoms with Gasteiger partial charge in [-0.2, -0.15) is 0 Å². The number of carbonyl (C=O) groups excluding carboxylic acids is 1. The van der Waals surface area contributed by atoms with Crippen molar-refractivity contribution < 1.29 is 19.4 Å². The molecule has 0 unspecified atom stereocenters. The lowest BCUT2D eigenvalue weighted by molar-refractivity contribution is -0.141. The van der Waals surface area contributed by atoms with Crippen molar-refractivity contribution in [2.75, 3.05) is 0 Å². The van der Waals surface area contributed by atoms with E-state index in [4.69, 9.17) is 9.84 Å². The van der Waals surface area contributed by atoms with Gasteiger partial charge in [0.2, 0.25) is 5.91 Å². The zero-order valence-corrected chi connectivity index (χ0v) is 11.3. The molecule has 0 fully saturated rings. The molecule has 1 atom stereocenters. The summed E-state index contributed by atoms with van der Waals surface area (Å²) in [6.45, 7) is 5.28. The number of hydrogen-bond acceptors (Lipinski definition) is 3. The fraction of sp³-hybridized carbons (Fsp3) is 0.429.